The van der Waals surface area contributed by atoms with Gasteiger partial charge in [-0.25, -0.2) is 4.79 Å². The lowest BCUT2D eigenvalue weighted by atomic mass is 9.91. The highest BCUT2D eigenvalue weighted by Gasteiger charge is 2.27. The summed E-state index contributed by atoms with van der Waals surface area (Å²) < 4.78 is 15.1. The van der Waals surface area contributed by atoms with Gasteiger partial charge in [-0.2, -0.15) is 0 Å². The number of hydrogen-bond donors (Lipinski definition) is 2. The third-order valence-corrected chi connectivity index (χ3v) is 3.84. The first-order valence-electron chi connectivity index (χ1n) is 7.96. The van der Waals surface area contributed by atoms with Gasteiger partial charge in [0.1, 0.15) is 11.5 Å². The van der Waals surface area contributed by atoms with E-state index in [4.69, 9.17) is 14.2 Å². The number of hydrogen-bond acceptors (Lipinski definition) is 7. The van der Waals surface area contributed by atoms with E-state index in [-0.39, 0.29) is 17.5 Å². The second-order valence-corrected chi connectivity index (χ2v) is 6.18. The number of carbonyl (C=O) groups excluding carboxylic acids is 2. The Kier molecular flexibility index (Phi) is 5.71. The number of esters is 1. The maximum absolute atomic E-state index is 12.0. The van der Waals surface area contributed by atoms with Crippen LogP contribution in [0.1, 0.15) is 27.2 Å². The molecule has 0 aromatic heterocycles. The van der Waals surface area contributed by atoms with Gasteiger partial charge in [0.25, 0.3) is 0 Å². The fraction of sp³-hybridized carbons (Fsp3) is 0.263. The zero-order valence-corrected chi connectivity index (χ0v) is 14.7. The molecule has 0 aliphatic rings. The number of carbonyl (C=O) groups is 2. The maximum atomic E-state index is 12.0. The maximum Gasteiger partial charge on any atom is 0.519 e. The Hall–Kier alpha value is -3.22. The number of aromatic hydroxyl groups is 2. The van der Waals surface area contributed by atoms with E-state index < -0.39 is 23.1 Å². The molecule has 0 heterocycles. The average Bonchev–Trinajstić information content (AvgIpc) is 2.60. The molecule has 7 nitrogen and oxygen atoms in total. The van der Waals surface area contributed by atoms with Crippen molar-refractivity contribution in [2.24, 2.45) is 5.41 Å². The summed E-state index contributed by atoms with van der Waals surface area (Å²) in [5.41, 5.74) is -0.595. The van der Waals surface area contributed by atoms with Gasteiger partial charge in [0, 0.05) is 0 Å². The molecule has 2 N–H and O–H groups in total. The van der Waals surface area contributed by atoms with Crippen LogP contribution < -0.4 is 14.2 Å². The van der Waals surface area contributed by atoms with Crippen molar-refractivity contribution >= 4 is 12.1 Å². The summed E-state index contributed by atoms with van der Waals surface area (Å²) in [4.78, 5) is 23.8. The van der Waals surface area contributed by atoms with Crippen molar-refractivity contribution in [3.05, 3.63) is 42.5 Å². The van der Waals surface area contributed by atoms with E-state index in [1.54, 1.807) is 13.8 Å². The van der Waals surface area contributed by atoms with Crippen LogP contribution in [0.2, 0.25) is 0 Å². The number of benzene rings is 2. The van der Waals surface area contributed by atoms with Crippen LogP contribution in [0.25, 0.3) is 0 Å². The summed E-state index contributed by atoms with van der Waals surface area (Å²) in [6.07, 6.45) is -0.455. The zero-order valence-electron chi connectivity index (χ0n) is 14.7. The fourth-order valence-corrected chi connectivity index (χ4v) is 1.77. The van der Waals surface area contributed by atoms with Crippen molar-refractivity contribution in [2.75, 3.05) is 0 Å². The zero-order chi connectivity index (χ0) is 19.3. The Balaban J connectivity index is 1.97. The van der Waals surface area contributed by atoms with Gasteiger partial charge in [-0.15, -0.1) is 0 Å². The number of ether oxygens (including phenoxy) is 3. The van der Waals surface area contributed by atoms with Crippen LogP contribution in [0.15, 0.2) is 42.5 Å². The molecular weight excluding hydrogens is 340 g/mol. The topological polar surface area (TPSA) is 102 Å². The number of rotatable bonds is 5. The van der Waals surface area contributed by atoms with Crippen molar-refractivity contribution in [3.63, 3.8) is 0 Å². The van der Waals surface area contributed by atoms with Crippen LogP contribution in [0.4, 0.5) is 4.79 Å². The molecule has 0 bridgehead atoms. The monoisotopic (exact) mass is 360 g/mol. The first kappa shape index (κ1) is 19.1. The Labute approximate surface area is 150 Å². The molecule has 2 aromatic rings. The van der Waals surface area contributed by atoms with Crippen molar-refractivity contribution in [1.29, 1.82) is 0 Å². The molecule has 0 atom stereocenters. The number of phenols is 2. The predicted octanol–water partition coefficient (Wildman–Crippen LogP) is 4.02. The summed E-state index contributed by atoms with van der Waals surface area (Å²) in [6.45, 7) is 5.48. The molecule has 0 saturated carbocycles. The molecule has 0 unspecified atom stereocenters. The summed E-state index contributed by atoms with van der Waals surface area (Å²) in [7, 11) is 0. The van der Waals surface area contributed by atoms with Gasteiger partial charge in [0.05, 0.1) is 5.41 Å². The second kappa shape index (κ2) is 7.77. The lowest BCUT2D eigenvalue weighted by molar-refractivity contribution is -0.144. The molecule has 138 valence electrons. The van der Waals surface area contributed by atoms with Crippen molar-refractivity contribution in [3.8, 4) is 28.7 Å². The molecule has 0 radical (unpaired) electrons. The Morgan fingerprint density at radius 3 is 2.08 bits per heavy atom. The minimum absolute atomic E-state index is 0.157. The third kappa shape index (κ3) is 4.66. The van der Waals surface area contributed by atoms with E-state index in [9.17, 15) is 19.8 Å². The van der Waals surface area contributed by atoms with Gasteiger partial charge in [0.2, 0.25) is 5.75 Å². The Bertz CT molecular complexity index is 794. The minimum Gasteiger partial charge on any atom is -0.504 e. The van der Waals surface area contributed by atoms with Gasteiger partial charge in [-0.05, 0) is 56.7 Å². The highest BCUT2D eigenvalue weighted by molar-refractivity contribution is 5.78. The second-order valence-electron chi connectivity index (χ2n) is 6.18. The van der Waals surface area contributed by atoms with Crippen LogP contribution in [-0.4, -0.2) is 22.3 Å². The summed E-state index contributed by atoms with van der Waals surface area (Å²) in [5.74, 6) is -1.09. The van der Waals surface area contributed by atoms with E-state index in [2.05, 4.69) is 0 Å². The Morgan fingerprint density at radius 2 is 1.50 bits per heavy atom. The molecule has 7 heteroatoms. The van der Waals surface area contributed by atoms with E-state index in [0.29, 0.717) is 12.2 Å². The standard InChI is InChI=1S/C19H20O7/c1-4-19(2,3)17(22)24-12-8-10-13(11-9-12)25-18(23)26-15-7-5-6-14(20)16(15)21/h5-11,20-21H,4H2,1-3H3. The van der Waals surface area contributed by atoms with Crippen molar-refractivity contribution in [2.45, 2.75) is 27.2 Å². The summed E-state index contributed by atoms with van der Waals surface area (Å²) in [6, 6.07) is 9.78. The van der Waals surface area contributed by atoms with Gasteiger partial charge >= 0.3 is 12.1 Å². The molecule has 0 aliphatic heterocycles. The van der Waals surface area contributed by atoms with E-state index >= 15 is 0 Å². The van der Waals surface area contributed by atoms with Crippen LogP contribution >= 0.6 is 0 Å². The molecule has 0 saturated heterocycles. The van der Waals surface area contributed by atoms with Crippen molar-refractivity contribution in [1.82, 2.24) is 0 Å². The molecular formula is C19H20O7. The largest absolute Gasteiger partial charge is 0.519 e. The van der Waals surface area contributed by atoms with Crippen LogP contribution in [-0.2, 0) is 4.79 Å². The first-order chi connectivity index (χ1) is 12.2. The molecule has 26 heavy (non-hydrogen) atoms. The SMILES string of the molecule is CCC(C)(C)C(=O)Oc1ccc(OC(=O)Oc2cccc(O)c2O)cc1. The molecule has 0 amide bonds. The number of phenolic OH excluding ortho intramolecular Hbond substituents is 2. The molecule has 0 spiro atoms. The van der Waals surface area contributed by atoms with E-state index in [0.717, 1.165) is 0 Å². The van der Waals surface area contributed by atoms with Crippen LogP contribution in [0, 0.1) is 5.41 Å². The van der Waals surface area contributed by atoms with Gasteiger partial charge < -0.3 is 24.4 Å². The minimum atomic E-state index is -1.09. The highest BCUT2D eigenvalue weighted by atomic mass is 16.7. The van der Waals surface area contributed by atoms with Gasteiger partial charge in [-0.1, -0.05) is 13.0 Å². The average molecular weight is 360 g/mol. The lowest BCUT2D eigenvalue weighted by Gasteiger charge is -2.20. The van der Waals surface area contributed by atoms with Crippen LogP contribution in [0.5, 0.6) is 28.7 Å². The predicted molar refractivity (Wildman–Crippen MR) is 92.6 cm³/mol. The third-order valence-electron chi connectivity index (χ3n) is 3.84. The summed E-state index contributed by atoms with van der Waals surface area (Å²) >= 11 is 0. The van der Waals surface area contributed by atoms with E-state index in [1.165, 1.54) is 42.5 Å². The molecule has 0 aliphatic carbocycles. The Morgan fingerprint density at radius 1 is 0.923 bits per heavy atom. The normalized spacial score (nSPS) is 10.9. The smallest absolute Gasteiger partial charge is 0.504 e. The number of para-hydroxylation sites is 1. The lowest BCUT2D eigenvalue weighted by Crippen LogP contribution is -2.28. The van der Waals surface area contributed by atoms with Gasteiger partial charge in [-0.3, -0.25) is 4.79 Å². The van der Waals surface area contributed by atoms with Gasteiger partial charge in [0.15, 0.2) is 11.5 Å². The quantitative estimate of drug-likeness (QED) is 0.359. The van der Waals surface area contributed by atoms with E-state index in [1.807, 2.05) is 6.92 Å². The van der Waals surface area contributed by atoms with Crippen LogP contribution in [0.3, 0.4) is 0 Å². The molecule has 0 fully saturated rings. The highest BCUT2D eigenvalue weighted by Crippen LogP contribution is 2.34. The molecule has 2 rings (SSSR count). The molecule has 2 aromatic carbocycles. The summed E-state index contributed by atoms with van der Waals surface area (Å²) in [5, 5.41) is 18.9. The first-order valence-corrected chi connectivity index (χ1v) is 7.96. The fourth-order valence-electron chi connectivity index (χ4n) is 1.77. The van der Waals surface area contributed by atoms with Crippen molar-refractivity contribution < 1.29 is 34.0 Å².